The van der Waals surface area contributed by atoms with Gasteiger partial charge in [-0.05, 0) is 31.9 Å². The Kier molecular flexibility index (Phi) is 3.58. The topological polar surface area (TPSA) is 74.2 Å². The monoisotopic (exact) mass is 235 g/mol. The summed E-state index contributed by atoms with van der Waals surface area (Å²) in [7, 11) is 0. The predicted octanol–water partition coefficient (Wildman–Crippen LogP) is 1.22. The number of hydrogen-bond donors (Lipinski definition) is 3. The van der Waals surface area contributed by atoms with Gasteiger partial charge in [0.2, 0.25) is 5.91 Å². The zero-order chi connectivity index (χ0) is 12.3. The molecule has 0 aliphatic heterocycles. The Morgan fingerprint density at radius 2 is 2.35 bits per heavy atom. The average molecular weight is 235 g/mol. The summed E-state index contributed by atoms with van der Waals surface area (Å²) >= 11 is 0. The first-order chi connectivity index (χ1) is 8.15. The molecule has 2 rings (SSSR count). The maximum absolute atomic E-state index is 11.5. The van der Waals surface area contributed by atoms with Gasteiger partial charge in [-0.15, -0.1) is 0 Å². The molecule has 1 aromatic rings. The van der Waals surface area contributed by atoms with Gasteiger partial charge in [-0.2, -0.15) is 0 Å². The van der Waals surface area contributed by atoms with Gasteiger partial charge in [-0.25, -0.2) is 4.98 Å². The number of amides is 1. The molecule has 1 aliphatic rings. The zero-order valence-electron chi connectivity index (χ0n) is 9.81. The van der Waals surface area contributed by atoms with Crippen molar-refractivity contribution >= 4 is 17.4 Å². The van der Waals surface area contributed by atoms with Crippen LogP contribution in [0.1, 0.15) is 19.8 Å². The van der Waals surface area contributed by atoms with E-state index in [1.54, 1.807) is 25.3 Å². The third-order valence-electron chi connectivity index (χ3n) is 2.56. The van der Waals surface area contributed by atoms with Gasteiger partial charge < -0.3 is 15.7 Å². The minimum absolute atomic E-state index is 0.0801. The number of nitrogens with zero attached hydrogens (tertiary/aromatic N) is 1. The van der Waals surface area contributed by atoms with E-state index in [0.717, 1.165) is 12.8 Å². The lowest BCUT2D eigenvalue weighted by Crippen LogP contribution is -2.16. The number of carbonyl (C=O) groups is 1. The van der Waals surface area contributed by atoms with Gasteiger partial charge in [-0.3, -0.25) is 4.79 Å². The highest BCUT2D eigenvalue weighted by molar-refractivity contribution is 5.93. The summed E-state index contributed by atoms with van der Waals surface area (Å²) in [5.74, 6) is 0.967. The highest BCUT2D eigenvalue weighted by Crippen LogP contribution is 2.30. The van der Waals surface area contributed by atoms with Gasteiger partial charge >= 0.3 is 0 Å². The molecule has 1 aromatic heterocycles. The van der Waals surface area contributed by atoms with Gasteiger partial charge in [0.15, 0.2) is 0 Å². The molecular weight excluding hydrogens is 218 g/mol. The van der Waals surface area contributed by atoms with Crippen molar-refractivity contribution in [1.29, 1.82) is 0 Å². The molecule has 0 saturated heterocycles. The molecule has 1 saturated carbocycles. The van der Waals surface area contributed by atoms with E-state index >= 15 is 0 Å². The Balaban J connectivity index is 1.86. The molecular formula is C12H17N3O2. The molecule has 0 aromatic carbocycles. The fourth-order valence-corrected chi connectivity index (χ4v) is 1.41. The quantitative estimate of drug-likeness (QED) is 0.717. The average Bonchev–Trinajstić information content (AvgIpc) is 3.12. The van der Waals surface area contributed by atoms with Crippen molar-refractivity contribution in [2.24, 2.45) is 5.92 Å². The van der Waals surface area contributed by atoms with Crippen LogP contribution in [0.15, 0.2) is 18.3 Å². The van der Waals surface area contributed by atoms with E-state index in [1.165, 1.54) is 0 Å². The summed E-state index contributed by atoms with van der Waals surface area (Å²) in [6.45, 7) is 2.16. The molecule has 0 radical (unpaired) electrons. The van der Waals surface area contributed by atoms with E-state index in [-0.39, 0.29) is 11.8 Å². The van der Waals surface area contributed by atoms with Crippen molar-refractivity contribution in [3.8, 4) is 0 Å². The first-order valence-corrected chi connectivity index (χ1v) is 5.84. The number of pyridine rings is 1. The van der Waals surface area contributed by atoms with Crippen LogP contribution in [0.5, 0.6) is 0 Å². The largest absolute Gasteiger partial charge is 0.392 e. The van der Waals surface area contributed by atoms with E-state index < -0.39 is 6.10 Å². The van der Waals surface area contributed by atoms with Crippen molar-refractivity contribution in [3.63, 3.8) is 0 Å². The molecule has 0 bridgehead atoms. The third kappa shape index (κ3) is 3.71. The van der Waals surface area contributed by atoms with Crippen molar-refractivity contribution in [3.05, 3.63) is 18.3 Å². The van der Waals surface area contributed by atoms with Crippen LogP contribution in [-0.2, 0) is 4.79 Å². The molecule has 5 heteroatoms. The summed E-state index contributed by atoms with van der Waals surface area (Å²) in [4.78, 5) is 15.6. The van der Waals surface area contributed by atoms with Gasteiger partial charge in [0, 0.05) is 12.5 Å². The summed E-state index contributed by atoms with van der Waals surface area (Å²) < 4.78 is 0. The minimum Gasteiger partial charge on any atom is -0.392 e. The summed E-state index contributed by atoms with van der Waals surface area (Å²) in [6.07, 6.45) is 3.19. The maximum Gasteiger partial charge on any atom is 0.227 e. The third-order valence-corrected chi connectivity index (χ3v) is 2.56. The van der Waals surface area contributed by atoms with E-state index in [0.29, 0.717) is 18.1 Å². The lowest BCUT2D eigenvalue weighted by molar-refractivity contribution is -0.117. The summed E-state index contributed by atoms with van der Waals surface area (Å²) in [5, 5.41) is 14.9. The summed E-state index contributed by atoms with van der Waals surface area (Å²) in [6, 6.07) is 3.59. The van der Waals surface area contributed by atoms with Crippen LogP contribution >= 0.6 is 0 Å². The van der Waals surface area contributed by atoms with Crippen molar-refractivity contribution in [2.75, 3.05) is 17.2 Å². The number of nitrogens with one attached hydrogen (secondary N) is 2. The van der Waals surface area contributed by atoms with Crippen LogP contribution in [0.4, 0.5) is 11.5 Å². The van der Waals surface area contributed by atoms with Crippen molar-refractivity contribution < 1.29 is 9.90 Å². The number of anilines is 2. The first-order valence-electron chi connectivity index (χ1n) is 5.84. The van der Waals surface area contributed by atoms with Crippen molar-refractivity contribution in [1.82, 2.24) is 4.98 Å². The zero-order valence-corrected chi connectivity index (χ0v) is 9.81. The smallest absolute Gasteiger partial charge is 0.227 e. The van der Waals surface area contributed by atoms with Crippen LogP contribution < -0.4 is 10.6 Å². The molecule has 1 aliphatic carbocycles. The SMILES string of the molecule is CC(O)CNc1ccc(NC(=O)C2CC2)cn1. The Bertz CT molecular complexity index is 385. The molecule has 17 heavy (non-hydrogen) atoms. The van der Waals surface area contributed by atoms with Crippen LogP contribution in [0.2, 0.25) is 0 Å². The molecule has 1 amide bonds. The van der Waals surface area contributed by atoms with Gasteiger partial charge in [-0.1, -0.05) is 0 Å². The molecule has 1 unspecified atom stereocenters. The van der Waals surface area contributed by atoms with Gasteiger partial charge in [0.05, 0.1) is 18.0 Å². The molecule has 1 heterocycles. The second-order valence-corrected chi connectivity index (χ2v) is 4.43. The molecule has 0 spiro atoms. The first kappa shape index (κ1) is 11.9. The number of hydrogen-bond acceptors (Lipinski definition) is 4. The van der Waals surface area contributed by atoms with Gasteiger partial charge in [0.25, 0.3) is 0 Å². The molecule has 1 fully saturated rings. The van der Waals surface area contributed by atoms with E-state index in [2.05, 4.69) is 15.6 Å². The summed E-state index contributed by atoms with van der Waals surface area (Å²) in [5.41, 5.74) is 0.712. The molecule has 92 valence electrons. The normalized spacial score (nSPS) is 16.4. The standard InChI is InChI=1S/C12H17N3O2/c1-8(16)6-13-11-5-4-10(7-14-11)15-12(17)9-2-3-9/h4-5,7-9,16H,2-3,6H2,1H3,(H,13,14)(H,15,17). The minimum atomic E-state index is -0.411. The highest BCUT2D eigenvalue weighted by Gasteiger charge is 2.29. The number of aliphatic hydroxyl groups is 1. The number of aromatic nitrogens is 1. The van der Waals surface area contributed by atoms with Crippen LogP contribution in [0.25, 0.3) is 0 Å². The second kappa shape index (κ2) is 5.14. The Hall–Kier alpha value is -1.62. The fourth-order valence-electron chi connectivity index (χ4n) is 1.41. The van der Waals surface area contributed by atoms with Crippen LogP contribution in [-0.4, -0.2) is 28.6 Å². The predicted molar refractivity (Wildman–Crippen MR) is 65.8 cm³/mol. The van der Waals surface area contributed by atoms with Crippen molar-refractivity contribution in [2.45, 2.75) is 25.9 Å². The highest BCUT2D eigenvalue weighted by atomic mass is 16.3. The number of carbonyl (C=O) groups excluding carboxylic acids is 1. The molecule has 1 atom stereocenters. The Labute approximate surface area is 100 Å². The fraction of sp³-hybridized carbons (Fsp3) is 0.500. The Morgan fingerprint density at radius 3 is 2.88 bits per heavy atom. The van der Waals surface area contributed by atoms with E-state index in [1.807, 2.05) is 0 Å². The van der Waals surface area contributed by atoms with Gasteiger partial charge in [0.1, 0.15) is 5.82 Å². The lowest BCUT2D eigenvalue weighted by atomic mass is 10.3. The molecule has 5 nitrogen and oxygen atoms in total. The number of rotatable bonds is 5. The Morgan fingerprint density at radius 1 is 1.59 bits per heavy atom. The second-order valence-electron chi connectivity index (χ2n) is 4.43. The maximum atomic E-state index is 11.5. The van der Waals surface area contributed by atoms with E-state index in [4.69, 9.17) is 5.11 Å². The molecule has 3 N–H and O–H groups in total. The number of aliphatic hydroxyl groups excluding tert-OH is 1. The lowest BCUT2D eigenvalue weighted by Gasteiger charge is -2.08. The van der Waals surface area contributed by atoms with Crippen LogP contribution in [0.3, 0.4) is 0 Å². The van der Waals surface area contributed by atoms with E-state index in [9.17, 15) is 4.79 Å². The van der Waals surface area contributed by atoms with Crippen LogP contribution in [0, 0.1) is 5.92 Å².